The number of fused-ring (bicyclic) bond motifs is 2. The van der Waals surface area contributed by atoms with E-state index in [1.165, 1.54) is 60.5 Å². The Morgan fingerprint density at radius 3 is 2.22 bits per heavy atom. The molecule has 0 fully saturated rings. The van der Waals surface area contributed by atoms with Crippen LogP contribution in [0.4, 0.5) is 0 Å². The van der Waals surface area contributed by atoms with Gasteiger partial charge in [-0.05, 0) is 96.0 Å². The van der Waals surface area contributed by atoms with Crippen molar-refractivity contribution in [3.05, 3.63) is 131 Å². The summed E-state index contributed by atoms with van der Waals surface area (Å²) in [7, 11) is 0. The number of aromatic nitrogens is 2. The standard InChI is InChI=1S/C39H38N2/c1-26(2)31-18-19-35-36(23-31)33(25-41-39(35)37-22-28(4)21-32-10-7-8-12-34(32)37)11-6-5-9-29-15-20-38(40-24-29)30-16-13-27(3)14-17-30/h7-8,10,12-26H,5-6,9,11H2,1-4H3. The van der Waals surface area contributed by atoms with Crippen LogP contribution in [0.15, 0.2) is 103 Å². The predicted octanol–water partition coefficient (Wildman–Crippen LogP) is 10.4. The minimum absolute atomic E-state index is 0.485. The summed E-state index contributed by atoms with van der Waals surface area (Å²) < 4.78 is 0. The van der Waals surface area contributed by atoms with Crippen LogP contribution in [0.5, 0.6) is 0 Å². The highest BCUT2D eigenvalue weighted by molar-refractivity contribution is 6.05. The monoisotopic (exact) mass is 534 g/mol. The number of hydrogen-bond donors (Lipinski definition) is 0. The largest absolute Gasteiger partial charge is 0.256 e. The van der Waals surface area contributed by atoms with E-state index in [-0.39, 0.29) is 0 Å². The molecule has 204 valence electrons. The summed E-state index contributed by atoms with van der Waals surface area (Å²) in [4.78, 5) is 9.85. The van der Waals surface area contributed by atoms with Crippen molar-refractivity contribution in [1.82, 2.24) is 9.97 Å². The summed E-state index contributed by atoms with van der Waals surface area (Å²) in [5.41, 5.74) is 11.1. The van der Waals surface area contributed by atoms with Gasteiger partial charge in [0.25, 0.3) is 0 Å². The van der Waals surface area contributed by atoms with Crippen LogP contribution >= 0.6 is 0 Å². The number of pyridine rings is 2. The first-order chi connectivity index (χ1) is 20.0. The minimum Gasteiger partial charge on any atom is -0.256 e. The summed E-state index contributed by atoms with van der Waals surface area (Å²) in [5, 5.41) is 5.12. The van der Waals surface area contributed by atoms with Gasteiger partial charge in [0.2, 0.25) is 0 Å². The number of aryl methyl sites for hydroxylation is 4. The molecule has 0 aliphatic carbocycles. The van der Waals surface area contributed by atoms with E-state index in [2.05, 4.69) is 125 Å². The lowest BCUT2D eigenvalue weighted by Crippen LogP contribution is -1.97. The van der Waals surface area contributed by atoms with Gasteiger partial charge in [-0.2, -0.15) is 0 Å². The fourth-order valence-corrected chi connectivity index (χ4v) is 5.86. The minimum atomic E-state index is 0.485. The molecule has 41 heavy (non-hydrogen) atoms. The van der Waals surface area contributed by atoms with Gasteiger partial charge < -0.3 is 0 Å². The third-order valence-corrected chi connectivity index (χ3v) is 8.26. The Hall–Kier alpha value is -4.30. The number of rotatable bonds is 8. The van der Waals surface area contributed by atoms with Crippen LogP contribution in [0.2, 0.25) is 0 Å². The smallest absolute Gasteiger partial charge is 0.0786 e. The van der Waals surface area contributed by atoms with Gasteiger partial charge in [0, 0.05) is 28.9 Å². The summed E-state index contributed by atoms with van der Waals surface area (Å²) in [6, 6.07) is 33.2. The predicted molar refractivity (Wildman–Crippen MR) is 175 cm³/mol. The molecule has 0 radical (unpaired) electrons. The van der Waals surface area contributed by atoms with Gasteiger partial charge in [0.1, 0.15) is 0 Å². The molecule has 4 aromatic carbocycles. The van der Waals surface area contributed by atoms with Gasteiger partial charge in [-0.3, -0.25) is 9.97 Å². The molecular formula is C39H38N2. The summed E-state index contributed by atoms with van der Waals surface area (Å²) in [5.74, 6) is 0.485. The van der Waals surface area contributed by atoms with Crippen molar-refractivity contribution < 1.29 is 0 Å². The second-order valence-corrected chi connectivity index (χ2v) is 11.8. The zero-order chi connectivity index (χ0) is 28.3. The van der Waals surface area contributed by atoms with Crippen molar-refractivity contribution >= 4 is 21.5 Å². The van der Waals surface area contributed by atoms with Gasteiger partial charge in [0.05, 0.1) is 11.4 Å². The van der Waals surface area contributed by atoms with Gasteiger partial charge >= 0.3 is 0 Å². The van der Waals surface area contributed by atoms with E-state index in [4.69, 9.17) is 9.97 Å². The van der Waals surface area contributed by atoms with Gasteiger partial charge in [-0.1, -0.05) is 98.3 Å². The molecule has 0 unspecified atom stereocenters. The fraction of sp³-hybridized carbons (Fsp3) is 0.231. The topological polar surface area (TPSA) is 25.8 Å². The maximum atomic E-state index is 5.11. The van der Waals surface area contributed by atoms with E-state index in [0.717, 1.165) is 37.1 Å². The van der Waals surface area contributed by atoms with E-state index in [9.17, 15) is 0 Å². The van der Waals surface area contributed by atoms with Crippen LogP contribution in [0, 0.1) is 13.8 Å². The molecule has 0 saturated heterocycles. The van der Waals surface area contributed by atoms with E-state index in [1.807, 2.05) is 6.20 Å². The van der Waals surface area contributed by atoms with Gasteiger partial charge in [-0.25, -0.2) is 0 Å². The highest BCUT2D eigenvalue weighted by atomic mass is 14.7. The van der Waals surface area contributed by atoms with Crippen LogP contribution in [0.1, 0.15) is 60.4 Å². The molecule has 6 rings (SSSR count). The highest BCUT2D eigenvalue weighted by Crippen LogP contribution is 2.36. The molecule has 2 heteroatoms. The lowest BCUT2D eigenvalue weighted by Gasteiger charge is -2.15. The van der Waals surface area contributed by atoms with E-state index < -0.39 is 0 Å². The molecule has 0 bridgehead atoms. The summed E-state index contributed by atoms with van der Waals surface area (Å²) in [6.07, 6.45) is 8.49. The van der Waals surface area contributed by atoms with Crippen molar-refractivity contribution in [3.8, 4) is 22.5 Å². The average Bonchev–Trinajstić information content (AvgIpc) is 2.99. The Morgan fingerprint density at radius 1 is 0.634 bits per heavy atom. The lowest BCUT2D eigenvalue weighted by molar-refractivity contribution is 0.734. The highest BCUT2D eigenvalue weighted by Gasteiger charge is 2.14. The van der Waals surface area contributed by atoms with Crippen molar-refractivity contribution in [1.29, 1.82) is 0 Å². The van der Waals surface area contributed by atoms with Crippen LogP contribution in [-0.2, 0) is 12.8 Å². The molecule has 0 N–H and O–H groups in total. The molecule has 0 aliphatic heterocycles. The maximum Gasteiger partial charge on any atom is 0.0786 e. The molecule has 0 aliphatic rings. The zero-order valence-electron chi connectivity index (χ0n) is 24.6. The Bertz CT molecular complexity index is 1810. The first kappa shape index (κ1) is 26.9. The molecule has 2 heterocycles. The van der Waals surface area contributed by atoms with Crippen molar-refractivity contribution in [2.75, 3.05) is 0 Å². The molecule has 0 spiro atoms. The number of hydrogen-bond acceptors (Lipinski definition) is 2. The van der Waals surface area contributed by atoms with Crippen LogP contribution < -0.4 is 0 Å². The Labute approximate surface area is 244 Å². The van der Waals surface area contributed by atoms with E-state index >= 15 is 0 Å². The second-order valence-electron chi connectivity index (χ2n) is 11.8. The van der Waals surface area contributed by atoms with E-state index in [1.54, 1.807) is 0 Å². The van der Waals surface area contributed by atoms with Crippen molar-refractivity contribution in [3.63, 3.8) is 0 Å². The van der Waals surface area contributed by atoms with Crippen molar-refractivity contribution in [2.45, 2.75) is 59.3 Å². The Kier molecular flexibility index (Phi) is 7.65. The first-order valence-electron chi connectivity index (χ1n) is 14.9. The molecule has 2 nitrogen and oxygen atoms in total. The number of benzene rings is 4. The van der Waals surface area contributed by atoms with Crippen LogP contribution in [0.3, 0.4) is 0 Å². The Morgan fingerprint density at radius 2 is 1.44 bits per heavy atom. The van der Waals surface area contributed by atoms with Gasteiger partial charge in [0.15, 0.2) is 0 Å². The molecule has 6 aromatic rings. The van der Waals surface area contributed by atoms with Crippen LogP contribution in [0.25, 0.3) is 44.1 Å². The zero-order valence-corrected chi connectivity index (χ0v) is 24.6. The molecular weight excluding hydrogens is 496 g/mol. The average molecular weight is 535 g/mol. The van der Waals surface area contributed by atoms with Crippen LogP contribution in [-0.4, -0.2) is 9.97 Å². The molecule has 2 aromatic heterocycles. The normalized spacial score (nSPS) is 11.5. The molecule has 0 amide bonds. The fourth-order valence-electron chi connectivity index (χ4n) is 5.86. The third kappa shape index (κ3) is 5.79. The second kappa shape index (κ2) is 11.7. The summed E-state index contributed by atoms with van der Waals surface area (Å²) >= 11 is 0. The molecule has 0 saturated carbocycles. The number of unbranched alkanes of at least 4 members (excludes halogenated alkanes) is 1. The first-order valence-corrected chi connectivity index (χ1v) is 14.9. The van der Waals surface area contributed by atoms with Crippen molar-refractivity contribution in [2.24, 2.45) is 0 Å². The SMILES string of the molecule is Cc1ccc(-c2ccc(CCCCc3cnc(-c4cc(C)cc5ccccc45)c4ccc(C(C)C)cc34)cn2)cc1. The molecule has 0 atom stereocenters. The van der Waals surface area contributed by atoms with Gasteiger partial charge in [-0.15, -0.1) is 0 Å². The maximum absolute atomic E-state index is 5.11. The number of nitrogens with zero attached hydrogens (tertiary/aromatic N) is 2. The third-order valence-electron chi connectivity index (χ3n) is 8.26. The summed E-state index contributed by atoms with van der Waals surface area (Å²) in [6.45, 7) is 8.84. The lowest BCUT2D eigenvalue weighted by atomic mass is 9.91. The Balaban J connectivity index is 1.24. The van der Waals surface area contributed by atoms with E-state index in [0.29, 0.717) is 5.92 Å². The quantitative estimate of drug-likeness (QED) is 0.182.